The van der Waals surface area contributed by atoms with Crippen molar-refractivity contribution in [3.8, 4) is 5.75 Å². The first kappa shape index (κ1) is 39.3. The van der Waals surface area contributed by atoms with E-state index in [-0.39, 0.29) is 18.9 Å². The summed E-state index contributed by atoms with van der Waals surface area (Å²) in [5.41, 5.74) is 0.999. The number of hydrogen-bond acceptors (Lipinski definition) is 9. The first-order chi connectivity index (χ1) is 23.3. The van der Waals surface area contributed by atoms with Crippen molar-refractivity contribution < 1.29 is 38.5 Å². The van der Waals surface area contributed by atoms with Crippen LogP contribution >= 0.6 is 0 Å². The van der Waals surface area contributed by atoms with Gasteiger partial charge in [-0.15, -0.1) is 0 Å². The van der Waals surface area contributed by atoms with Gasteiger partial charge >= 0.3 is 12.1 Å². The summed E-state index contributed by atoms with van der Waals surface area (Å²) in [4.78, 5) is 52.9. The normalized spacial score (nSPS) is 21.2. The summed E-state index contributed by atoms with van der Waals surface area (Å²) in [7, 11) is 1.27. The Kier molecular flexibility index (Phi) is 15.3. The van der Waals surface area contributed by atoms with Crippen molar-refractivity contribution in [1.82, 2.24) is 21.3 Å². The highest BCUT2D eigenvalue weighted by atomic mass is 16.6. The number of rotatable bonds is 10. The molecule has 0 saturated carbocycles. The smallest absolute Gasteiger partial charge is 0.407 e. The van der Waals surface area contributed by atoms with Crippen molar-refractivity contribution in [2.24, 2.45) is 5.92 Å². The molecule has 2 aliphatic heterocycles. The van der Waals surface area contributed by atoms with Gasteiger partial charge in [-0.25, -0.2) is 9.59 Å². The molecule has 0 fully saturated rings. The average molecular weight is 683 g/mol. The standard InChI is InChI=1S/C37H54N4O8/c1-7-24(2)32-34(44)39-28(35(45)47-6)15-11-12-20-48-27-18-16-26(17-19-27)22-30(33(43)41-32)38-23-31(42)29(21-25-13-9-8-10-14-25)40-36(46)49-37(3,4)5/h8-10,13-14,16-19,24,28-32,38,42H,7,11-12,15,20-23H2,1-6H3,(H,39,44)(H,40,46)(H,41,43)/t24-,28-,29-,30-,31-,32-/m0/s1. The minimum absolute atomic E-state index is 0.0583. The first-order valence-electron chi connectivity index (χ1n) is 17.1. The molecule has 2 bridgehead atoms. The van der Waals surface area contributed by atoms with Gasteiger partial charge in [0.15, 0.2) is 0 Å². The summed E-state index contributed by atoms with van der Waals surface area (Å²) >= 11 is 0. The number of fused-ring (bicyclic) bond motifs is 14. The fraction of sp³-hybridized carbons (Fsp3) is 0.568. The number of aliphatic hydroxyl groups is 1. The molecule has 4 rings (SSSR count). The van der Waals surface area contributed by atoms with Gasteiger partial charge in [-0.3, -0.25) is 9.59 Å². The summed E-state index contributed by atoms with van der Waals surface area (Å²) in [5, 5.41) is 23.1. The Morgan fingerprint density at radius 3 is 2.35 bits per heavy atom. The highest BCUT2D eigenvalue weighted by Gasteiger charge is 2.33. The molecule has 2 aromatic carbocycles. The molecule has 270 valence electrons. The molecular formula is C37H54N4O8. The lowest BCUT2D eigenvalue weighted by molar-refractivity contribution is -0.145. The SMILES string of the molecule is CC[C@H](C)[C@@H]1NC(=O)[C@@H](NC[C@H](O)[C@H](Cc2ccccc2)NC(=O)OC(C)(C)C)Cc2ccc(cc2)OCCCC[C@@H](C(=O)OC)NC1=O. The minimum atomic E-state index is -1.12. The van der Waals surface area contributed by atoms with E-state index in [1.807, 2.05) is 68.4 Å². The maximum Gasteiger partial charge on any atom is 0.407 e. The van der Waals surface area contributed by atoms with Crippen LogP contribution in [0.2, 0.25) is 0 Å². The predicted molar refractivity (Wildman–Crippen MR) is 186 cm³/mol. The van der Waals surface area contributed by atoms with Crippen LogP contribution in [0.25, 0.3) is 0 Å². The van der Waals surface area contributed by atoms with Gasteiger partial charge in [-0.05, 0) is 82.1 Å². The molecule has 2 heterocycles. The maximum absolute atomic E-state index is 14.0. The zero-order valence-corrected chi connectivity index (χ0v) is 29.6. The molecule has 2 aliphatic rings. The van der Waals surface area contributed by atoms with Crippen LogP contribution in [0.5, 0.6) is 5.75 Å². The summed E-state index contributed by atoms with van der Waals surface area (Å²) in [5.74, 6) is -1.08. The lowest BCUT2D eigenvalue weighted by Gasteiger charge is -2.30. The molecule has 0 aromatic heterocycles. The Hall–Kier alpha value is -4.16. The Labute approximate surface area is 290 Å². The van der Waals surface area contributed by atoms with E-state index in [0.717, 1.165) is 11.1 Å². The van der Waals surface area contributed by atoms with Gasteiger partial charge in [0.1, 0.15) is 23.4 Å². The van der Waals surface area contributed by atoms with Crippen LogP contribution in [0, 0.1) is 5.92 Å². The van der Waals surface area contributed by atoms with E-state index in [0.29, 0.717) is 44.5 Å². The molecule has 12 nitrogen and oxygen atoms in total. The number of nitrogens with one attached hydrogen (secondary N) is 4. The molecule has 12 heteroatoms. The van der Waals surface area contributed by atoms with Crippen molar-refractivity contribution in [3.63, 3.8) is 0 Å². The summed E-state index contributed by atoms with van der Waals surface area (Å²) in [6.45, 7) is 9.43. The molecule has 0 unspecified atom stereocenters. The molecule has 0 saturated heterocycles. The number of benzene rings is 2. The van der Waals surface area contributed by atoms with E-state index in [1.165, 1.54) is 7.11 Å². The number of hydrogen-bond donors (Lipinski definition) is 5. The van der Waals surface area contributed by atoms with E-state index in [4.69, 9.17) is 14.2 Å². The number of alkyl carbamates (subject to hydrolysis) is 1. The van der Waals surface area contributed by atoms with E-state index < -0.39 is 59.7 Å². The third kappa shape index (κ3) is 13.3. The zero-order chi connectivity index (χ0) is 36.0. The van der Waals surface area contributed by atoms with Gasteiger partial charge < -0.3 is 40.6 Å². The molecule has 2 aromatic rings. The van der Waals surface area contributed by atoms with Gasteiger partial charge in [0.2, 0.25) is 11.8 Å². The van der Waals surface area contributed by atoms with Crippen molar-refractivity contribution in [2.75, 3.05) is 20.3 Å². The molecule has 0 radical (unpaired) electrons. The highest BCUT2D eigenvalue weighted by Crippen LogP contribution is 2.17. The quantitative estimate of drug-likeness (QED) is 0.236. The van der Waals surface area contributed by atoms with Gasteiger partial charge in [0.05, 0.1) is 31.9 Å². The van der Waals surface area contributed by atoms with E-state index in [9.17, 15) is 24.3 Å². The minimum Gasteiger partial charge on any atom is -0.494 e. The topological polar surface area (TPSA) is 164 Å². The molecule has 3 amide bonds. The Morgan fingerprint density at radius 1 is 1.02 bits per heavy atom. The Balaban J connectivity index is 1.88. The fourth-order valence-corrected chi connectivity index (χ4v) is 5.48. The highest BCUT2D eigenvalue weighted by molar-refractivity contribution is 5.92. The third-order valence-electron chi connectivity index (χ3n) is 8.47. The van der Waals surface area contributed by atoms with Gasteiger partial charge in [-0.2, -0.15) is 0 Å². The van der Waals surface area contributed by atoms with Crippen LogP contribution in [-0.2, 0) is 36.7 Å². The second-order valence-electron chi connectivity index (χ2n) is 13.6. The zero-order valence-electron chi connectivity index (χ0n) is 29.6. The summed E-state index contributed by atoms with van der Waals surface area (Å²) in [6, 6.07) is 13.4. The van der Waals surface area contributed by atoms with Crippen LogP contribution in [0.15, 0.2) is 54.6 Å². The number of esters is 1. The molecule has 0 spiro atoms. The van der Waals surface area contributed by atoms with E-state index in [2.05, 4.69) is 21.3 Å². The third-order valence-corrected chi connectivity index (χ3v) is 8.47. The largest absolute Gasteiger partial charge is 0.494 e. The average Bonchev–Trinajstić information content (AvgIpc) is 3.07. The fourth-order valence-electron chi connectivity index (χ4n) is 5.48. The number of amides is 3. The number of aliphatic hydroxyl groups excluding tert-OH is 1. The van der Waals surface area contributed by atoms with Gasteiger partial charge in [0.25, 0.3) is 0 Å². The van der Waals surface area contributed by atoms with Crippen molar-refractivity contribution >= 4 is 23.9 Å². The second-order valence-corrected chi connectivity index (χ2v) is 13.6. The van der Waals surface area contributed by atoms with Crippen LogP contribution in [0.1, 0.15) is 71.4 Å². The molecule has 5 N–H and O–H groups in total. The van der Waals surface area contributed by atoms with E-state index in [1.54, 1.807) is 20.8 Å². The van der Waals surface area contributed by atoms with Crippen LogP contribution in [0.3, 0.4) is 0 Å². The molecule has 0 aliphatic carbocycles. The Bertz CT molecular complexity index is 1350. The second kappa shape index (κ2) is 19.1. The van der Waals surface area contributed by atoms with Crippen molar-refractivity contribution in [3.05, 3.63) is 65.7 Å². The first-order valence-corrected chi connectivity index (χ1v) is 17.1. The van der Waals surface area contributed by atoms with Crippen LogP contribution < -0.4 is 26.0 Å². The van der Waals surface area contributed by atoms with Crippen LogP contribution in [0.4, 0.5) is 4.79 Å². The predicted octanol–water partition coefficient (Wildman–Crippen LogP) is 3.44. The Morgan fingerprint density at radius 2 is 1.71 bits per heavy atom. The lowest BCUT2D eigenvalue weighted by Crippen LogP contribution is -2.58. The number of methoxy groups -OCH3 is 1. The van der Waals surface area contributed by atoms with Gasteiger partial charge in [0, 0.05) is 6.54 Å². The summed E-state index contributed by atoms with van der Waals surface area (Å²) < 4.78 is 16.3. The van der Waals surface area contributed by atoms with Crippen molar-refractivity contribution in [1.29, 1.82) is 0 Å². The van der Waals surface area contributed by atoms with Gasteiger partial charge in [-0.1, -0.05) is 62.7 Å². The summed E-state index contributed by atoms with van der Waals surface area (Å²) in [6.07, 6.45) is 0.996. The maximum atomic E-state index is 14.0. The molecule has 6 atom stereocenters. The van der Waals surface area contributed by atoms with E-state index >= 15 is 0 Å². The number of carbonyl (C=O) groups is 4. The number of ether oxygens (including phenoxy) is 3. The molecular weight excluding hydrogens is 628 g/mol. The number of carbonyl (C=O) groups excluding carboxylic acids is 4. The van der Waals surface area contributed by atoms with Crippen molar-refractivity contribution in [2.45, 2.75) is 109 Å². The molecule has 49 heavy (non-hydrogen) atoms. The van der Waals surface area contributed by atoms with Crippen LogP contribution in [-0.4, -0.2) is 85.1 Å². The lowest BCUT2D eigenvalue weighted by atomic mass is 9.96. The monoisotopic (exact) mass is 682 g/mol.